The summed E-state index contributed by atoms with van der Waals surface area (Å²) in [7, 11) is 0. The Bertz CT molecular complexity index is 376. The number of carbonyl (C=O) groups is 1. The highest BCUT2D eigenvalue weighted by atomic mass is 79.9. The Balaban J connectivity index is 2.21. The fourth-order valence-corrected chi connectivity index (χ4v) is 1.41. The van der Waals surface area contributed by atoms with Gasteiger partial charge in [-0.2, -0.15) is 0 Å². The van der Waals surface area contributed by atoms with E-state index in [0.29, 0.717) is 10.4 Å². The minimum Gasteiger partial charge on any atom is -0.488 e. The quantitative estimate of drug-likeness (QED) is 0.843. The van der Waals surface area contributed by atoms with Gasteiger partial charge in [-0.05, 0) is 40.9 Å². The Morgan fingerprint density at radius 2 is 2.29 bits per heavy atom. The van der Waals surface area contributed by atoms with E-state index in [1.165, 1.54) is 6.07 Å². The van der Waals surface area contributed by atoms with Crippen molar-refractivity contribution in [2.75, 3.05) is 0 Å². The van der Waals surface area contributed by atoms with Crippen LogP contribution in [0.5, 0.6) is 5.75 Å². The van der Waals surface area contributed by atoms with Crippen molar-refractivity contribution in [2.45, 2.75) is 18.9 Å². The third-order valence-electron chi connectivity index (χ3n) is 1.85. The van der Waals surface area contributed by atoms with E-state index in [2.05, 4.69) is 20.9 Å². The van der Waals surface area contributed by atoms with Crippen LogP contribution in [0.4, 0.5) is 0 Å². The van der Waals surface area contributed by atoms with E-state index in [1.807, 2.05) is 0 Å². The van der Waals surface area contributed by atoms with Gasteiger partial charge in [0.2, 0.25) is 0 Å². The van der Waals surface area contributed by atoms with Crippen LogP contribution in [0.2, 0.25) is 0 Å². The first-order valence-corrected chi connectivity index (χ1v) is 5.02. The Morgan fingerprint density at radius 1 is 1.57 bits per heavy atom. The number of nitrogens with zero attached hydrogens (tertiary/aromatic N) is 1. The van der Waals surface area contributed by atoms with Crippen LogP contribution in [0.25, 0.3) is 0 Å². The first kappa shape index (κ1) is 9.45. The number of hydrogen-bond donors (Lipinski definition) is 1. The van der Waals surface area contributed by atoms with Gasteiger partial charge in [0, 0.05) is 0 Å². The fraction of sp³-hybridized carbons (Fsp3) is 0.333. The molecule has 1 N–H and O–H groups in total. The van der Waals surface area contributed by atoms with Gasteiger partial charge in [-0.15, -0.1) is 0 Å². The molecule has 1 saturated carbocycles. The van der Waals surface area contributed by atoms with Crippen LogP contribution < -0.4 is 4.74 Å². The van der Waals surface area contributed by atoms with Gasteiger partial charge >= 0.3 is 5.97 Å². The summed E-state index contributed by atoms with van der Waals surface area (Å²) in [5.74, 6) is -0.429. The van der Waals surface area contributed by atoms with Crippen molar-refractivity contribution in [3.63, 3.8) is 0 Å². The predicted octanol–water partition coefficient (Wildman–Crippen LogP) is 2.08. The summed E-state index contributed by atoms with van der Waals surface area (Å²) in [4.78, 5) is 14.4. The van der Waals surface area contributed by atoms with E-state index in [1.54, 1.807) is 6.07 Å². The Hall–Kier alpha value is -1.10. The number of carboxylic acid groups (broad SMARTS) is 1. The molecule has 0 spiro atoms. The minimum atomic E-state index is -1.04. The minimum absolute atomic E-state index is 0.0139. The summed E-state index contributed by atoms with van der Waals surface area (Å²) in [6.07, 6.45) is 2.41. The number of pyridine rings is 1. The molecular formula is C9H8BrNO3. The van der Waals surface area contributed by atoms with Crippen molar-refractivity contribution in [2.24, 2.45) is 0 Å². The molecule has 0 aliphatic heterocycles. The molecule has 74 valence electrons. The molecule has 0 bridgehead atoms. The van der Waals surface area contributed by atoms with Gasteiger partial charge in [0.05, 0.1) is 6.10 Å². The molecule has 0 atom stereocenters. The fourth-order valence-electron chi connectivity index (χ4n) is 0.994. The van der Waals surface area contributed by atoms with Crippen LogP contribution in [0.3, 0.4) is 0 Å². The topological polar surface area (TPSA) is 59.4 Å². The largest absolute Gasteiger partial charge is 0.488 e. The van der Waals surface area contributed by atoms with Crippen LogP contribution >= 0.6 is 15.9 Å². The summed E-state index contributed by atoms with van der Waals surface area (Å²) in [6.45, 7) is 0. The van der Waals surface area contributed by atoms with Crippen molar-refractivity contribution >= 4 is 21.9 Å². The third kappa shape index (κ3) is 2.04. The SMILES string of the molecule is O=C(O)c1ccc(OC2CC2)c(Br)n1. The van der Waals surface area contributed by atoms with Gasteiger partial charge in [0.25, 0.3) is 0 Å². The van der Waals surface area contributed by atoms with Crippen LogP contribution in [-0.2, 0) is 0 Å². The smallest absolute Gasteiger partial charge is 0.354 e. The van der Waals surface area contributed by atoms with Crippen LogP contribution in [0, 0.1) is 0 Å². The van der Waals surface area contributed by atoms with Crippen LogP contribution in [0.1, 0.15) is 23.3 Å². The molecule has 1 aromatic rings. The Kier molecular flexibility index (Phi) is 2.41. The van der Waals surface area contributed by atoms with Gasteiger partial charge in [-0.25, -0.2) is 9.78 Å². The third-order valence-corrected chi connectivity index (χ3v) is 2.42. The second-order valence-corrected chi connectivity index (χ2v) is 3.86. The molecule has 5 heteroatoms. The molecule has 0 amide bonds. The molecule has 1 aliphatic carbocycles. The zero-order valence-electron chi connectivity index (χ0n) is 7.24. The van der Waals surface area contributed by atoms with Gasteiger partial charge in [-0.1, -0.05) is 0 Å². The number of carboxylic acids is 1. The van der Waals surface area contributed by atoms with E-state index in [-0.39, 0.29) is 11.8 Å². The highest BCUT2D eigenvalue weighted by Crippen LogP contribution is 2.30. The maximum Gasteiger partial charge on any atom is 0.354 e. The lowest BCUT2D eigenvalue weighted by Crippen LogP contribution is -2.03. The average Bonchev–Trinajstić information content (AvgIpc) is 2.92. The summed E-state index contributed by atoms with van der Waals surface area (Å²) in [5, 5.41) is 8.67. The summed E-state index contributed by atoms with van der Waals surface area (Å²) in [6, 6.07) is 3.06. The second kappa shape index (κ2) is 3.57. The van der Waals surface area contributed by atoms with Gasteiger partial charge in [-0.3, -0.25) is 0 Å². The Morgan fingerprint density at radius 3 is 2.79 bits per heavy atom. The zero-order chi connectivity index (χ0) is 10.1. The van der Waals surface area contributed by atoms with Gasteiger partial charge < -0.3 is 9.84 Å². The molecule has 14 heavy (non-hydrogen) atoms. The molecule has 4 nitrogen and oxygen atoms in total. The number of hydrogen-bond acceptors (Lipinski definition) is 3. The molecule has 0 unspecified atom stereocenters. The number of aromatic carboxylic acids is 1. The molecule has 1 fully saturated rings. The first-order valence-electron chi connectivity index (χ1n) is 4.23. The zero-order valence-corrected chi connectivity index (χ0v) is 8.82. The maximum atomic E-state index is 10.6. The molecule has 0 aromatic carbocycles. The summed E-state index contributed by atoms with van der Waals surface area (Å²) in [5.41, 5.74) is 0.0139. The number of aromatic nitrogens is 1. The lowest BCUT2D eigenvalue weighted by atomic mass is 10.3. The number of rotatable bonds is 3. The highest BCUT2D eigenvalue weighted by molar-refractivity contribution is 9.10. The first-order chi connectivity index (χ1) is 6.66. The monoisotopic (exact) mass is 257 g/mol. The highest BCUT2D eigenvalue weighted by Gasteiger charge is 2.24. The van der Waals surface area contributed by atoms with Crippen molar-refractivity contribution < 1.29 is 14.6 Å². The van der Waals surface area contributed by atoms with E-state index >= 15 is 0 Å². The molecule has 1 aliphatic rings. The lowest BCUT2D eigenvalue weighted by molar-refractivity contribution is 0.0690. The van der Waals surface area contributed by atoms with E-state index in [0.717, 1.165) is 12.8 Å². The van der Waals surface area contributed by atoms with E-state index in [9.17, 15) is 4.79 Å². The van der Waals surface area contributed by atoms with E-state index < -0.39 is 5.97 Å². The molecule has 0 radical (unpaired) electrons. The summed E-state index contributed by atoms with van der Waals surface area (Å²) >= 11 is 3.17. The van der Waals surface area contributed by atoms with Crippen LogP contribution in [0.15, 0.2) is 16.7 Å². The van der Waals surface area contributed by atoms with E-state index in [4.69, 9.17) is 9.84 Å². The second-order valence-electron chi connectivity index (χ2n) is 3.11. The Labute approximate surface area is 89.0 Å². The van der Waals surface area contributed by atoms with Crippen LogP contribution in [-0.4, -0.2) is 22.2 Å². The van der Waals surface area contributed by atoms with Crippen molar-refractivity contribution in [3.05, 3.63) is 22.4 Å². The van der Waals surface area contributed by atoms with Crippen molar-refractivity contribution in [1.82, 2.24) is 4.98 Å². The lowest BCUT2D eigenvalue weighted by Gasteiger charge is -2.05. The normalized spacial score (nSPS) is 15.2. The van der Waals surface area contributed by atoms with Crippen molar-refractivity contribution in [3.8, 4) is 5.75 Å². The molecule has 2 rings (SSSR count). The number of halogens is 1. The average molecular weight is 258 g/mol. The maximum absolute atomic E-state index is 10.6. The molecular weight excluding hydrogens is 250 g/mol. The number of ether oxygens (including phenoxy) is 1. The van der Waals surface area contributed by atoms with Gasteiger partial charge in [0.15, 0.2) is 5.75 Å². The summed E-state index contributed by atoms with van der Waals surface area (Å²) < 4.78 is 5.94. The molecule has 0 saturated heterocycles. The standard InChI is InChI=1S/C9H8BrNO3/c10-8-7(14-5-1-2-5)4-3-6(11-8)9(12)13/h3-5H,1-2H2,(H,12,13). The molecule has 1 heterocycles. The predicted molar refractivity (Wildman–Crippen MR) is 52.5 cm³/mol. The van der Waals surface area contributed by atoms with Crippen molar-refractivity contribution in [1.29, 1.82) is 0 Å². The molecule has 1 aromatic heterocycles. The van der Waals surface area contributed by atoms with Gasteiger partial charge in [0.1, 0.15) is 10.3 Å².